The van der Waals surface area contributed by atoms with E-state index in [0.29, 0.717) is 5.54 Å². The summed E-state index contributed by atoms with van der Waals surface area (Å²) in [6.07, 6.45) is 5.18. The standard InChI is InChI=1S/C16H23N3/c1-13-10-15(7-6-14(13)11-17)18-12-16(19(2)3)8-4-5-9-16/h6-7,10,18H,4-5,8-9,12H2,1-3H3. The van der Waals surface area contributed by atoms with Crippen molar-refractivity contribution in [1.82, 2.24) is 4.90 Å². The van der Waals surface area contributed by atoms with Crippen LogP contribution in [0.15, 0.2) is 18.2 Å². The summed E-state index contributed by atoms with van der Waals surface area (Å²) in [5, 5.41) is 12.5. The van der Waals surface area contributed by atoms with Crippen LogP contribution in [-0.2, 0) is 0 Å². The molecule has 0 amide bonds. The molecule has 0 aliphatic heterocycles. The molecule has 0 saturated heterocycles. The summed E-state index contributed by atoms with van der Waals surface area (Å²) in [5.41, 5.74) is 3.21. The van der Waals surface area contributed by atoms with Crippen LogP contribution in [0.5, 0.6) is 0 Å². The lowest BCUT2D eigenvalue weighted by molar-refractivity contribution is 0.172. The van der Waals surface area contributed by atoms with Crippen molar-refractivity contribution in [3.8, 4) is 6.07 Å². The van der Waals surface area contributed by atoms with Crippen LogP contribution in [0.1, 0.15) is 36.8 Å². The van der Waals surface area contributed by atoms with Crippen LogP contribution in [0.4, 0.5) is 5.69 Å². The number of anilines is 1. The topological polar surface area (TPSA) is 39.1 Å². The molecule has 0 unspecified atom stereocenters. The molecule has 0 heterocycles. The summed E-state index contributed by atoms with van der Waals surface area (Å²) in [5.74, 6) is 0. The first-order chi connectivity index (χ1) is 9.07. The van der Waals surface area contributed by atoms with Gasteiger partial charge in [0.15, 0.2) is 0 Å². The predicted molar refractivity (Wildman–Crippen MR) is 79.3 cm³/mol. The van der Waals surface area contributed by atoms with Crippen molar-refractivity contribution in [2.45, 2.75) is 38.1 Å². The van der Waals surface area contributed by atoms with E-state index in [1.54, 1.807) is 0 Å². The highest BCUT2D eigenvalue weighted by atomic mass is 15.2. The first kappa shape index (κ1) is 13.9. The quantitative estimate of drug-likeness (QED) is 0.900. The number of hydrogen-bond acceptors (Lipinski definition) is 3. The van der Waals surface area contributed by atoms with Crippen LogP contribution in [0.2, 0.25) is 0 Å². The summed E-state index contributed by atoms with van der Waals surface area (Å²) < 4.78 is 0. The van der Waals surface area contributed by atoms with Crippen molar-refractivity contribution in [3.05, 3.63) is 29.3 Å². The van der Waals surface area contributed by atoms with Crippen molar-refractivity contribution in [1.29, 1.82) is 5.26 Å². The molecule has 1 aromatic rings. The Morgan fingerprint density at radius 3 is 2.53 bits per heavy atom. The van der Waals surface area contributed by atoms with Gasteiger partial charge in [-0.3, -0.25) is 0 Å². The lowest BCUT2D eigenvalue weighted by Gasteiger charge is -2.36. The average molecular weight is 257 g/mol. The molecular weight excluding hydrogens is 234 g/mol. The zero-order valence-corrected chi connectivity index (χ0v) is 12.2. The Morgan fingerprint density at radius 1 is 1.32 bits per heavy atom. The Balaban J connectivity index is 2.06. The normalized spacial score (nSPS) is 17.4. The van der Waals surface area contributed by atoms with Gasteiger partial charge >= 0.3 is 0 Å². The van der Waals surface area contributed by atoms with E-state index in [0.717, 1.165) is 23.4 Å². The largest absolute Gasteiger partial charge is 0.383 e. The first-order valence-corrected chi connectivity index (χ1v) is 6.99. The third-order valence-corrected chi connectivity index (χ3v) is 4.45. The van der Waals surface area contributed by atoms with Crippen molar-refractivity contribution in [3.63, 3.8) is 0 Å². The van der Waals surface area contributed by atoms with Gasteiger partial charge in [0, 0.05) is 17.8 Å². The Kier molecular flexibility index (Phi) is 4.11. The van der Waals surface area contributed by atoms with E-state index in [4.69, 9.17) is 5.26 Å². The van der Waals surface area contributed by atoms with E-state index in [-0.39, 0.29) is 0 Å². The van der Waals surface area contributed by atoms with Crippen LogP contribution in [0.3, 0.4) is 0 Å². The summed E-state index contributed by atoms with van der Waals surface area (Å²) in [6, 6.07) is 8.18. The molecule has 1 aliphatic rings. The van der Waals surface area contributed by atoms with Crippen LogP contribution in [-0.4, -0.2) is 31.1 Å². The van der Waals surface area contributed by atoms with Gasteiger partial charge in [-0.1, -0.05) is 12.8 Å². The fourth-order valence-corrected chi connectivity index (χ4v) is 2.98. The molecule has 1 fully saturated rings. The van der Waals surface area contributed by atoms with E-state index in [1.165, 1.54) is 25.7 Å². The van der Waals surface area contributed by atoms with Crippen LogP contribution >= 0.6 is 0 Å². The van der Waals surface area contributed by atoms with Gasteiger partial charge in [-0.05, 0) is 57.6 Å². The molecule has 1 N–H and O–H groups in total. The molecule has 1 aliphatic carbocycles. The van der Waals surface area contributed by atoms with Gasteiger partial charge in [-0.2, -0.15) is 5.26 Å². The molecule has 19 heavy (non-hydrogen) atoms. The van der Waals surface area contributed by atoms with E-state index in [1.807, 2.05) is 19.1 Å². The van der Waals surface area contributed by atoms with Gasteiger partial charge in [0.25, 0.3) is 0 Å². The summed E-state index contributed by atoms with van der Waals surface area (Å²) in [6.45, 7) is 2.96. The molecule has 1 aromatic carbocycles. The smallest absolute Gasteiger partial charge is 0.0994 e. The number of hydrogen-bond donors (Lipinski definition) is 1. The Bertz CT molecular complexity index is 479. The summed E-state index contributed by atoms with van der Waals surface area (Å²) in [4.78, 5) is 2.36. The second-order valence-electron chi connectivity index (χ2n) is 5.82. The fourth-order valence-electron chi connectivity index (χ4n) is 2.98. The molecule has 2 rings (SSSR count). The summed E-state index contributed by atoms with van der Waals surface area (Å²) in [7, 11) is 4.36. The Hall–Kier alpha value is -1.53. The molecule has 3 heteroatoms. The number of rotatable bonds is 4. The number of likely N-dealkylation sites (N-methyl/N-ethyl adjacent to an activating group) is 1. The van der Waals surface area contributed by atoms with Crippen LogP contribution in [0, 0.1) is 18.3 Å². The second-order valence-corrected chi connectivity index (χ2v) is 5.82. The minimum Gasteiger partial charge on any atom is -0.383 e. The number of nitriles is 1. The van der Waals surface area contributed by atoms with Crippen LogP contribution in [0.25, 0.3) is 0 Å². The van der Waals surface area contributed by atoms with Gasteiger partial charge in [0.1, 0.15) is 0 Å². The molecule has 0 aromatic heterocycles. The summed E-state index contributed by atoms with van der Waals surface area (Å²) >= 11 is 0. The zero-order valence-electron chi connectivity index (χ0n) is 12.2. The molecule has 3 nitrogen and oxygen atoms in total. The van der Waals surface area contributed by atoms with Gasteiger partial charge < -0.3 is 10.2 Å². The maximum Gasteiger partial charge on any atom is 0.0994 e. The van der Waals surface area contributed by atoms with E-state index in [2.05, 4.69) is 36.4 Å². The Morgan fingerprint density at radius 2 is 2.00 bits per heavy atom. The van der Waals surface area contributed by atoms with Crippen LogP contribution < -0.4 is 5.32 Å². The van der Waals surface area contributed by atoms with E-state index < -0.39 is 0 Å². The lowest BCUT2D eigenvalue weighted by Crippen LogP contribution is -2.47. The number of nitrogens with zero attached hydrogens (tertiary/aromatic N) is 2. The molecule has 0 bridgehead atoms. The van der Waals surface area contributed by atoms with Crippen molar-refractivity contribution >= 4 is 5.69 Å². The SMILES string of the molecule is Cc1cc(NCC2(N(C)C)CCCC2)ccc1C#N. The monoisotopic (exact) mass is 257 g/mol. The number of benzene rings is 1. The van der Waals surface area contributed by atoms with E-state index >= 15 is 0 Å². The van der Waals surface area contributed by atoms with Gasteiger partial charge in [-0.25, -0.2) is 0 Å². The van der Waals surface area contributed by atoms with Gasteiger partial charge in [0.05, 0.1) is 11.6 Å². The highest BCUT2D eigenvalue weighted by molar-refractivity contribution is 5.51. The van der Waals surface area contributed by atoms with E-state index in [9.17, 15) is 0 Å². The minimum absolute atomic E-state index is 0.293. The van der Waals surface area contributed by atoms with Gasteiger partial charge in [-0.15, -0.1) is 0 Å². The molecular formula is C16H23N3. The first-order valence-electron chi connectivity index (χ1n) is 6.99. The molecule has 102 valence electrons. The maximum atomic E-state index is 8.95. The lowest BCUT2D eigenvalue weighted by atomic mass is 9.96. The second kappa shape index (κ2) is 5.63. The highest BCUT2D eigenvalue weighted by Crippen LogP contribution is 2.34. The zero-order chi connectivity index (χ0) is 13.9. The maximum absolute atomic E-state index is 8.95. The minimum atomic E-state index is 0.293. The number of aryl methyl sites for hydroxylation is 1. The average Bonchev–Trinajstić information content (AvgIpc) is 2.86. The molecule has 0 atom stereocenters. The van der Waals surface area contributed by atoms with Crippen molar-refractivity contribution in [2.75, 3.05) is 26.0 Å². The third kappa shape index (κ3) is 2.90. The Labute approximate surface area is 116 Å². The predicted octanol–water partition coefficient (Wildman–Crippen LogP) is 3.15. The highest BCUT2D eigenvalue weighted by Gasteiger charge is 2.35. The van der Waals surface area contributed by atoms with Gasteiger partial charge in [0.2, 0.25) is 0 Å². The van der Waals surface area contributed by atoms with Crippen molar-refractivity contribution < 1.29 is 0 Å². The number of nitrogens with one attached hydrogen (secondary N) is 1. The van der Waals surface area contributed by atoms with Crippen molar-refractivity contribution in [2.24, 2.45) is 0 Å². The molecule has 0 radical (unpaired) electrons. The molecule has 1 saturated carbocycles. The fraction of sp³-hybridized carbons (Fsp3) is 0.562. The molecule has 0 spiro atoms. The third-order valence-electron chi connectivity index (χ3n) is 4.45.